The Morgan fingerprint density at radius 1 is 1.53 bits per heavy atom. The van der Waals surface area contributed by atoms with E-state index in [0.29, 0.717) is 11.4 Å². The van der Waals surface area contributed by atoms with E-state index >= 15 is 0 Å². The Morgan fingerprint density at radius 2 is 2.26 bits per heavy atom. The number of carbonyl (C=O) groups is 1. The Balaban J connectivity index is 2.19. The Morgan fingerprint density at radius 3 is 2.89 bits per heavy atom. The smallest absolute Gasteiger partial charge is 0.339 e. The van der Waals surface area contributed by atoms with Crippen LogP contribution in [0.1, 0.15) is 21.6 Å². The van der Waals surface area contributed by atoms with Crippen LogP contribution in [0.3, 0.4) is 0 Å². The fourth-order valence-electron chi connectivity index (χ4n) is 1.79. The second-order valence-electron chi connectivity index (χ2n) is 4.25. The number of aromatic nitrogens is 2. The maximum absolute atomic E-state index is 11.1. The number of thioether (sulfide) groups is 1. The molecule has 2 aromatic rings. The van der Waals surface area contributed by atoms with Gasteiger partial charge in [0, 0.05) is 23.4 Å². The van der Waals surface area contributed by atoms with Gasteiger partial charge in [0.05, 0.1) is 11.9 Å². The zero-order chi connectivity index (χ0) is 14.0. The molecule has 0 aliphatic heterocycles. The molecule has 0 saturated heterocycles. The van der Waals surface area contributed by atoms with Crippen LogP contribution in [0.4, 0.5) is 5.69 Å². The van der Waals surface area contributed by atoms with Crippen molar-refractivity contribution in [2.75, 3.05) is 5.73 Å². The predicted octanol–water partition coefficient (Wildman–Crippen LogP) is 2.30. The fourth-order valence-corrected chi connectivity index (χ4v) is 2.88. The van der Waals surface area contributed by atoms with Gasteiger partial charge < -0.3 is 10.8 Å². The molecule has 0 aliphatic carbocycles. The Hall–Kier alpha value is -1.95. The van der Waals surface area contributed by atoms with Crippen molar-refractivity contribution in [2.24, 2.45) is 7.05 Å². The number of hydrogen-bond donors (Lipinski definition) is 2. The minimum absolute atomic E-state index is 0.253. The third-order valence-electron chi connectivity index (χ3n) is 2.86. The number of aromatic carboxylic acids is 1. The van der Waals surface area contributed by atoms with Gasteiger partial charge in [-0.1, -0.05) is 0 Å². The zero-order valence-electron chi connectivity index (χ0n) is 10.8. The molecule has 100 valence electrons. The molecule has 1 heterocycles. The molecule has 1 aromatic carbocycles. The topological polar surface area (TPSA) is 81.1 Å². The van der Waals surface area contributed by atoms with E-state index in [-0.39, 0.29) is 5.56 Å². The van der Waals surface area contributed by atoms with Crippen molar-refractivity contribution in [3.63, 3.8) is 0 Å². The molecule has 0 bridgehead atoms. The Labute approximate surface area is 115 Å². The SMILES string of the molecule is Cc1cc(N)ccc1SCc1c(C(=O)O)cnn1C. The van der Waals surface area contributed by atoms with Crippen molar-refractivity contribution in [1.82, 2.24) is 9.78 Å². The van der Waals surface area contributed by atoms with Crippen LogP contribution in [0.2, 0.25) is 0 Å². The first-order chi connectivity index (χ1) is 8.99. The van der Waals surface area contributed by atoms with E-state index in [1.165, 1.54) is 6.20 Å². The molecule has 19 heavy (non-hydrogen) atoms. The number of nitrogens with zero attached hydrogens (tertiary/aromatic N) is 2. The molecule has 6 heteroatoms. The van der Waals surface area contributed by atoms with E-state index in [0.717, 1.165) is 16.1 Å². The van der Waals surface area contributed by atoms with E-state index < -0.39 is 5.97 Å². The van der Waals surface area contributed by atoms with Crippen LogP contribution >= 0.6 is 11.8 Å². The molecule has 0 aliphatic rings. The van der Waals surface area contributed by atoms with Crippen molar-refractivity contribution in [3.8, 4) is 0 Å². The number of hydrogen-bond acceptors (Lipinski definition) is 4. The minimum atomic E-state index is -0.947. The van der Waals surface area contributed by atoms with Crippen molar-refractivity contribution >= 4 is 23.4 Å². The van der Waals surface area contributed by atoms with Crippen LogP contribution in [-0.4, -0.2) is 20.9 Å². The number of nitrogen functional groups attached to an aromatic ring is 1. The summed E-state index contributed by atoms with van der Waals surface area (Å²) >= 11 is 1.58. The summed E-state index contributed by atoms with van der Waals surface area (Å²) in [7, 11) is 1.75. The number of aryl methyl sites for hydroxylation is 2. The lowest BCUT2D eigenvalue weighted by atomic mass is 10.2. The largest absolute Gasteiger partial charge is 0.478 e. The summed E-state index contributed by atoms with van der Waals surface area (Å²) in [5.41, 5.74) is 8.48. The Bertz CT molecular complexity index is 622. The van der Waals surface area contributed by atoms with E-state index in [1.54, 1.807) is 23.5 Å². The summed E-state index contributed by atoms with van der Waals surface area (Å²) in [6, 6.07) is 5.70. The highest BCUT2D eigenvalue weighted by molar-refractivity contribution is 7.98. The molecule has 0 unspecified atom stereocenters. The average Bonchev–Trinajstić information content (AvgIpc) is 2.70. The molecule has 0 atom stereocenters. The molecule has 0 fully saturated rings. The number of anilines is 1. The molecule has 0 spiro atoms. The summed E-state index contributed by atoms with van der Waals surface area (Å²) < 4.78 is 1.60. The third-order valence-corrected chi connectivity index (χ3v) is 4.04. The van der Waals surface area contributed by atoms with E-state index in [4.69, 9.17) is 10.8 Å². The van der Waals surface area contributed by atoms with Gasteiger partial charge in [0.25, 0.3) is 0 Å². The summed E-state index contributed by atoms with van der Waals surface area (Å²) in [6.45, 7) is 1.99. The zero-order valence-corrected chi connectivity index (χ0v) is 11.6. The standard InChI is InChI=1S/C13H15N3O2S/c1-8-5-9(14)3-4-12(8)19-7-11-10(13(17)18)6-15-16(11)2/h3-6H,7,14H2,1-2H3,(H,17,18). The summed E-state index contributed by atoms with van der Waals surface area (Å²) in [4.78, 5) is 12.2. The molecule has 2 rings (SSSR count). The van der Waals surface area contributed by atoms with E-state index in [1.807, 2.05) is 25.1 Å². The van der Waals surface area contributed by atoms with E-state index in [2.05, 4.69) is 5.10 Å². The van der Waals surface area contributed by atoms with Crippen LogP contribution < -0.4 is 5.73 Å². The number of rotatable bonds is 4. The fraction of sp³-hybridized carbons (Fsp3) is 0.231. The van der Waals surface area contributed by atoms with Crippen LogP contribution in [-0.2, 0) is 12.8 Å². The van der Waals surface area contributed by atoms with Crippen molar-refractivity contribution in [1.29, 1.82) is 0 Å². The monoisotopic (exact) mass is 277 g/mol. The van der Waals surface area contributed by atoms with Crippen LogP contribution in [0.15, 0.2) is 29.3 Å². The second kappa shape index (κ2) is 5.36. The van der Waals surface area contributed by atoms with Crippen LogP contribution in [0.5, 0.6) is 0 Å². The van der Waals surface area contributed by atoms with Crippen LogP contribution in [0.25, 0.3) is 0 Å². The first-order valence-electron chi connectivity index (χ1n) is 5.72. The first kappa shape index (κ1) is 13.5. The van der Waals surface area contributed by atoms with Gasteiger partial charge in [0.2, 0.25) is 0 Å². The van der Waals surface area contributed by atoms with Gasteiger partial charge in [-0.25, -0.2) is 4.79 Å². The molecular weight excluding hydrogens is 262 g/mol. The minimum Gasteiger partial charge on any atom is -0.478 e. The maximum atomic E-state index is 11.1. The molecule has 0 radical (unpaired) electrons. The average molecular weight is 277 g/mol. The summed E-state index contributed by atoms with van der Waals surface area (Å²) in [5, 5.41) is 13.1. The number of nitrogens with two attached hydrogens (primary N) is 1. The highest BCUT2D eigenvalue weighted by atomic mass is 32.2. The molecule has 0 amide bonds. The van der Waals surface area contributed by atoms with Crippen LogP contribution in [0, 0.1) is 6.92 Å². The normalized spacial score (nSPS) is 10.6. The number of benzene rings is 1. The summed E-state index contributed by atoms with van der Waals surface area (Å²) in [6.07, 6.45) is 1.38. The molecular formula is C13H15N3O2S. The lowest BCUT2D eigenvalue weighted by molar-refractivity contribution is 0.0696. The lowest BCUT2D eigenvalue weighted by Gasteiger charge is -2.07. The summed E-state index contributed by atoms with van der Waals surface area (Å²) in [5.74, 6) is -0.388. The Kier molecular flexibility index (Phi) is 3.80. The number of carboxylic acids is 1. The molecule has 0 saturated carbocycles. The third kappa shape index (κ3) is 2.90. The van der Waals surface area contributed by atoms with Crippen molar-refractivity contribution in [2.45, 2.75) is 17.6 Å². The predicted molar refractivity (Wildman–Crippen MR) is 75.3 cm³/mol. The molecule has 3 N–H and O–H groups in total. The van der Waals surface area contributed by atoms with Gasteiger partial charge >= 0.3 is 5.97 Å². The highest BCUT2D eigenvalue weighted by Gasteiger charge is 2.15. The quantitative estimate of drug-likeness (QED) is 0.662. The lowest BCUT2D eigenvalue weighted by Crippen LogP contribution is -2.03. The van der Waals surface area contributed by atoms with Crippen molar-refractivity contribution in [3.05, 3.63) is 41.2 Å². The van der Waals surface area contributed by atoms with Gasteiger partial charge in [-0.3, -0.25) is 4.68 Å². The van der Waals surface area contributed by atoms with Gasteiger partial charge in [0.15, 0.2) is 0 Å². The van der Waals surface area contributed by atoms with Crippen molar-refractivity contribution < 1.29 is 9.90 Å². The molecule has 1 aromatic heterocycles. The maximum Gasteiger partial charge on any atom is 0.339 e. The molecule has 5 nitrogen and oxygen atoms in total. The second-order valence-corrected chi connectivity index (χ2v) is 5.26. The van der Waals surface area contributed by atoms with Gasteiger partial charge in [-0.15, -0.1) is 11.8 Å². The van der Waals surface area contributed by atoms with Gasteiger partial charge in [0.1, 0.15) is 5.56 Å². The van der Waals surface area contributed by atoms with E-state index in [9.17, 15) is 4.79 Å². The highest BCUT2D eigenvalue weighted by Crippen LogP contribution is 2.28. The van der Waals surface area contributed by atoms with Gasteiger partial charge in [-0.05, 0) is 30.7 Å². The first-order valence-corrected chi connectivity index (χ1v) is 6.70. The number of carboxylic acid groups (broad SMARTS) is 1. The van der Waals surface area contributed by atoms with Gasteiger partial charge in [-0.2, -0.15) is 5.10 Å².